The predicted octanol–water partition coefficient (Wildman–Crippen LogP) is 0.598. The summed E-state index contributed by atoms with van der Waals surface area (Å²) in [5, 5.41) is 15.0. The van der Waals surface area contributed by atoms with Gasteiger partial charge in [0.2, 0.25) is 5.65 Å². The summed E-state index contributed by atoms with van der Waals surface area (Å²) < 4.78 is 1.92. The van der Waals surface area contributed by atoms with Crippen LogP contribution in [0.25, 0.3) is 11.2 Å². The lowest BCUT2D eigenvalue weighted by Crippen LogP contribution is -1.98. The molecular formula is C11H14N7P. The maximum absolute atomic E-state index is 5.77. The summed E-state index contributed by atoms with van der Waals surface area (Å²) in [5.74, 6) is 0.453. The normalized spacial score (nSPS) is 11.2. The number of rotatable bonds is 4. The third kappa shape index (κ3) is 2.42. The number of nitrogen functional groups attached to an aromatic ring is 1. The minimum atomic E-state index is 0.453. The number of aryl methyl sites for hydroxylation is 1. The lowest BCUT2D eigenvalue weighted by Gasteiger charge is -2.01. The topological polar surface area (TPSA) is 98.3 Å². The van der Waals surface area contributed by atoms with E-state index in [2.05, 4.69) is 34.7 Å². The first-order valence-electron chi connectivity index (χ1n) is 5.93. The van der Waals surface area contributed by atoms with Gasteiger partial charge < -0.3 is 5.73 Å². The van der Waals surface area contributed by atoms with E-state index < -0.39 is 0 Å². The molecule has 0 aromatic carbocycles. The predicted molar refractivity (Wildman–Crippen MR) is 75.7 cm³/mol. The van der Waals surface area contributed by atoms with Gasteiger partial charge in [0.1, 0.15) is 11.3 Å². The molecule has 3 heterocycles. The molecule has 3 aromatic heterocycles. The first-order chi connectivity index (χ1) is 9.26. The van der Waals surface area contributed by atoms with E-state index >= 15 is 0 Å². The molecule has 0 spiro atoms. The van der Waals surface area contributed by atoms with Crippen molar-refractivity contribution < 1.29 is 0 Å². The van der Waals surface area contributed by atoms with E-state index in [1.165, 1.54) is 0 Å². The van der Waals surface area contributed by atoms with Gasteiger partial charge in [-0.3, -0.25) is 4.68 Å². The van der Waals surface area contributed by atoms with Gasteiger partial charge in [0, 0.05) is 19.2 Å². The second kappa shape index (κ2) is 4.93. The van der Waals surface area contributed by atoms with Crippen molar-refractivity contribution >= 4 is 26.2 Å². The number of nitrogens with zero attached hydrogens (tertiary/aromatic N) is 5. The fourth-order valence-electron chi connectivity index (χ4n) is 2.03. The lowest BCUT2D eigenvalue weighted by atomic mass is 10.1. The Balaban J connectivity index is 1.93. The number of H-pyrrole nitrogens is 1. The molecule has 0 amide bonds. The van der Waals surface area contributed by atoms with Crippen molar-refractivity contribution in [2.45, 2.75) is 13.0 Å². The Bertz CT molecular complexity index is 702. The van der Waals surface area contributed by atoms with Crippen molar-refractivity contribution in [1.29, 1.82) is 0 Å². The molecule has 0 aliphatic heterocycles. The van der Waals surface area contributed by atoms with Crippen molar-refractivity contribution in [2.75, 3.05) is 11.9 Å². The van der Waals surface area contributed by atoms with Crippen LogP contribution in [0.5, 0.6) is 0 Å². The Hall–Kier alpha value is -2.01. The zero-order valence-electron chi connectivity index (χ0n) is 10.2. The van der Waals surface area contributed by atoms with Crippen molar-refractivity contribution in [1.82, 2.24) is 30.2 Å². The zero-order valence-corrected chi connectivity index (χ0v) is 11.4. The molecule has 0 bridgehead atoms. The van der Waals surface area contributed by atoms with E-state index in [-0.39, 0.29) is 0 Å². The number of hydrogen-bond donors (Lipinski definition) is 2. The summed E-state index contributed by atoms with van der Waals surface area (Å²) in [5.41, 5.74) is 9.20. The monoisotopic (exact) mass is 275 g/mol. The van der Waals surface area contributed by atoms with E-state index in [1.807, 2.05) is 23.1 Å². The van der Waals surface area contributed by atoms with Crippen molar-refractivity contribution in [3.05, 3.63) is 29.6 Å². The molecule has 0 saturated heterocycles. The van der Waals surface area contributed by atoms with Crippen LogP contribution in [0, 0.1) is 0 Å². The molecular weight excluding hydrogens is 261 g/mol. The van der Waals surface area contributed by atoms with E-state index in [9.17, 15) is 0 Å². The summed E-state index contributed by atoms with van der Waals surface area (Å²) in [6.07, 6.45) is 5.60. The second-order valence-electron chi connectivity index (χ2n) is 4.28. The molecule has 0 radical (unpaired) electrons. The van der Waals surface area contributed by atoms with Crippen LogP contribution in [0.1, 0.15) is 11.1 Å². The van der Waals surface area contributed by atoms with Crippen molar-refractivity contribution in [3.8, 4) is 0 Å². The van der Waals surface area contributed by atoms with Gasteiger partial charge in [-0.15, -0.1) is 14.3 Å². The van der Waals surface area contributed by atoms with Gasteiger partial charge in [-0.05, 0) is 23.4 Å². The number of aromatic nitrogens is 6. The van der Waals surface area contributed by atoms with Crippen LogP contribution in [0.4, 0.5) is 5.82 Å². The third-order valence-electron chi connectivity index (χ3n) is 2.83. The van der Waals surface area contributed by atoms with Crippen LogP contribution in [-0.2, 0) is 13.0 Å². The molecule has 0 aliphatic rings. The van der Waals surface area contributed by atoms with Crippen LogP contribution < -0.4 is 5.73 Å². The molecule has 8 heteroatoms. The zero-order chi connectivity index (χ0) is 13.2. The van der Waals surface area contributed by atoms with E-state index in [0.717, 1.165) is 29.4 Å². The maximum Gasteiger partial charge on any atom is 0.203 e. The van der Waals surface area contributed by atoms with Gasteiger partial charge in [0.15, 0.2) is 0 Å². The fraction of sp³-hybridized carbons (Fsp3) is 0.273. The van der Waals surface area contributed by atoms with Crippen LogP contribution in [0.15, 0.2) is 18.5 Å². The average Bonchev–Trinajstić information content (AvgIpc) is 2.98. The summed E-state index contributed by atoms with van der Waals surface area (Å²) in [7, 11) is 2.69. The number of nitrogens with one attached hydrogen (secondary N) is 1. The summed E-state index contributed by atoms with van der Waals surface area (Å²) in [4.78, 5) is 4.12. The third-order valence-corrected chi connectivity index (χ3v) is 3.09. The Kier molecular flexibility index (Phi) is 3.13. The van der Waals surface area contributed by atoms with Crippen molar-refractivity contribution in [3.63, 3.8) is 0 Å². The Morgan fingerprint density at radius 3 is 3.11 bits per heavy atom. The molecule has 98 valence electrons. The highest BCUT2D eigenvalue weighted by molar-refractivity contribution is 7.16. The Labute approximate surface area is 111 Å². The maximum atomic E-state index is 5.77. The fourth-order valence-corrected chi connectivity index (χ4v) is 2.29. The number of anilines is 1. The highest BCUT2D eigenvalue weighted by Gasteiger charge is 2.10. The van der Waals surface area contributed by atoms with Crippen LogP contribution >= 0.6 is 9.24 Å². The number of pyridine rings is 1. The number of hydrogen-bond acceptors (Lipinski definition) is 5. The van der Waals surface area contributed by atoms with Gasteiger partial charge in [-0.25, -0.2) is 4.98 Å². The summed E-state index contributed by atoms with van der Waals surface area (Å²) in [6, 6.07) is 1.83. The van der Waals surface area contributed by atoms with Crippen LogP contribution in [0.2, 0.25) is 0 Å². The molecule has 7 nitrogen and oxygen atoms in total. The van der Waals surface area contributed by atoms with E-state index in [0.29, 0.717) is 17.9 Å². The highest BCUT2D eigenvalue weighted by Crippen LogP contribution is 2.18. The number of fused-ring (bicyclic) bond motifs is 1. The smallest absolute Gasteiger partial charge is 0.203 e. The molecule has 1 unspecified atom stereocenters. The molecule has 3 aromatic rings. The SMILES string of the molecule is Nc1cc(Cc2cnn(CCP)c2)c2n[nH]nc2n1. The Morgan fingerprint density at radius 1 is 1.37 bits per heavy atom. The molecule has 19 heavy (non-hydrogen) atoms. The quantitative estimate of drug-likeness (QED) is 0.679. The van der Waals surface area contributed by atoms with Crippen LogP contribution in [-0.4, -0.2) is 36.3 Å². The summed E-state index contributed by atoms with van der Waals surface area (Å²) in [6.45, 7) is 0.891. The minimum Gasteiger partial charge on any atom is -0.384 e. The van der Waals surface area contributed by atoms with Gasteiger partial charge in [-0.2, -0.15) is 15.4 Å². The lowest BCUT2D eigenvalue weighted by molar-refractivity contribution is 0.666. The van der Waals surface area contributed by atoms with Crippen molar-refractivity contribution in [2.24, 2.45) is 0 Å². The summed E-state index contributed by atoms with van der Waals surface area (Å²) >= 11 is 0. The molecule has 3 N–H and O–H groups in total. The van der Waals surface area contributed by atoms with E-state index in [4.69, 9.17) is 5.73 Å². The first-order valence-corrected chi connectivity index (χ1v) is 6.75. The molecule has 0 saturated carbocycles. The molecule has 0 fully saturated rings. The highest BCUT2D eigenvalue weighted by atomic mass is 31.0. The largest absolute Gasteiger partial charge is 0.384 e. The standard InChI is InChI=1S/C11H14N7P/c12-9-4-8(10-11(14-9)16-17-15-10)3-7-5-13-18(6-7)1-2-19/h4-6H,1-3,19H2,(H3,12,14,15,16,17). The van der Waals surface area contributed by atoms with E-state index in [1.54, 1.807) is 0 Å². The number of aromatic amines is 1. The second-order valence-corrected chi connectivity index (χ2v) is 4.86. The van der Waals surface area contributed by atoms with Gasteiger partial charge in [-0.1, -0.05) is 0 Å². The molecule has 0 aliphatic carbocycles. The van der Waals surface area contributed by atoms with Crippen LogP contribution in [0.3, 0.4) is 0 Å². The molecule has 3 rings (SSSR count). The average molecular weight is 275 g/mol. The van der Waals surface area contributed by atoms with Gasteiger partial charge >= 0.3 is 0 Å². The minimum absolute atomic E-state index is 0.453. The molecule has 1 atom stereocenters. The van der Waals surface area contributed by atoms with Gasteiger partial charge in [0.25, 0.3) is 0 Å². The Morgan fingerprint density at radius 2 is 2.26 bits per heavy atom. The van der Waals surface area contributed by atoms with Gasteiger partial charge in [0.05, 0.1) is 6.20 Å². The number of nitrogens with two attached hydrogens (primary N) is 1. The first kappa shape index (κ1) is 12.0.